The lowest BCUT2D eigenvalue weighted by atomic mass is 10.1. The second-order valence-electron chi connectivity index (χ2n) is 4.33. The van der Waals surface area contributed by atoms with E-state index in [1.807, 2.05) is 13.0 Å². The number of aryl methyl sites for hydroxylation is 1. The number of nitrogens with one attached hydrogen (secondary N) is 2. The minimum absolute atomic E-state index is 0.0114. The zero-order valence-electron chi connectivity index (χ0n) is 10.9. The lowest BCUT2D eigenvalue weighted by Gasteiger charge is -2.08. The molecular formula is C15H14N2O3. The van der Waals surface area contributed by atoms with Crippen LogP contribution in [-0.2, 0) is 0 Å². The molecule has 102 valence electrons. The first-order valence-electron chi connectivity index (χ1n) is 6.02. The number of aromatic hydroxyl groups is 1. The summed E-state index contributed by atoms with van der Waals surface area (Å²) < 4.78 is 0. The highest BCUT2D eigenvalue weighted by atomic mass is 16.3. The molecule has 0 aromatic heterocycles. The molecule has 0 bridgehead atoms. The van der Waals surface area contributed by atoms with Crippen LogP contribution in [0.5, 0.6) is 5.75 Å². The maximum Gasteiger partial charge on any atom is 0.269 e. The number of hydrazine groups is 1. The molecule has 2 aromatic rings. The molecule has 0 aliphatic heterocycles. The molecule has 0 aliphatic rings. The molecule has 0 aliphatic carbocycles. The Morgan fingerprint density at radius 3 is 2.00 bits per heavy atom. The van der Waals surface area contributed by atoms with Crippen molar-refractivity contribution in [3.8, 4) is 5.75 Å². The van der Waals surface area contributed by atoms with E-state index in [9.17, 15) is 14.7 Å². The van der Waals surface area contributed by atoms with Gasteiger partial charge < -0.3 is 5.11 Å². The van der Waals surface area contributed by atoms with Gasteiger partial charge in [-0.25, -0.2) is 0 Å². The monoisotopic (exact) mass is 270 g/mol. The van der Waals surface area contributed by atoms with E-state index in [0.717, 1.165) is 5.56 Å². The Bertz CT molecular complexity index is 596. The fourth-order valence-electron chi connectivity index (χ4n) is 1.69. The van der Waals surface area contributed by atoms with Crippen LogP contribution in [0.15, 0.2) is 48.5 Å². The van der Waals surface area contributed by atoms with Crippen LogP contribution in [-0.4, -0.2) is 16.9 Å². The van der Waals surface area contributed by atoms with Gasteiger partial charge in [0.2, 0.25) is 0 Å². The molecule has 0 saturated heterocycles. The summed E-state index contributed by atoms with van der Waals surface area (Å²) in [4.78, 5) is 23.6. The lowest BCUT2D eigenvalue weighted by Crippen LogP contribution is -2.41. The van der Waals surface area contributed by atoms with Gasteiger partial charge in [-0.2, -0.15) is 0 Å². The number of phenols is 1. The predicted octanol–water partition coefficient (Wildman–Crippen LogP) is 1.78. The van der Waals surface area contributed by atoms with Crippen molar-refractivity contribution in [1.82, 2.24) is 10.9 Å². The molecule has 2 amide bonds. The molecule has 0 heterocycles. The van der Waals surface area contributed by atoms with Crippen LogP contribution in [0.4, 0.5) is 0 Å². The number of benzene rings is 2. The quantitative estimate of drug-likeness (QED) is 0.728. The van der Waals surface area contributed by atoms with Crippen molar-refractivity contribution in [3.05, 3.63) is 65.2 Å². The third-order valence-corrected chi connectivity index (χ3v) is 2.68. The summed E-state index contributed by atoms with van der Waals surface area (Å²) in [5.74, 6) is -0.910. The van der Waals surface area contributed by atoms with Crippen molar-refractivity contribution in [2.75, 3.05) is 0 Å². The van der Waals surface area contributed by atoms with Gasteiger partial charge in [0.25, 0.3) is 11.8 Å². The normalized spacial score (nSPS) is 9.85. The van der Waals surface area contributed by atoms with Gasteiger partial charge in [0, 0.05) is 11.1 Å². The number of phenolic OH excluding ortho intramolecular Hbond substituents is 1. The molecule has 0 spiro atoms. The number of carbonyl (C=O) groups excluding carboxylic acids is 2. The first kappa shape index (κ1) is 13.6. The molecule has 2 rings (SSSR count). The minimum atomic E-state index is -0.498. The zero-order chi connectivity index (χ0) is 14.5. The van der Waals surface area contributed by atoms with E-state index < -0.39 is 11.8 Å². The summed E-state index contributed by atoms with van der Waals surface area (Å²) in [5, 5.41) is 9.28. The highest BCUT2D eigenvalue weighted by Crippen LogP contribution is 2.10. The Balaban J connectivity index is 1.98. The van der Waals surface area contributed by atoms with Crippen molar-refractivity contribution < 1.29 is 14.7 Å². The van der Waals surface area contributed by atoms with Crippen molar-refractivity contribution in [2.24, 2.45) is 0 Å². The molecule has 0 atom stereocenters. The molecule has 20 heavy (non-hydrogen) atoms. The van der Waals surface area contributed by atoms with Crippen LogP contribution in [0.1, 0.15) is 26.3 Å². The van der Waals surface area contributed by atoms with E-state index >= 15 is 0 Å². The van der Waals surface area contributed by atoms with Gasteiger partial charge in [-0.15, -0.1) is 0 Å². The highest BCUT2D eigenvalue weighted by Gasteiger charge is 2.09. The third kappa shape index (κ3) is 3.35. The number of carbonyl (C=O) groups is 2. The van der Waals surface area contributed by atoms with Crippen molar-refractivity contribution in [1.29, 1.82) is 0 Å². The summed E-state index contributed by atoms with van der Waals surface area (Å²) >= 11 is 0. The first-order chi connectivity index (χ1) is 9.56. The Morgan fingerprint density at radius 1 is 0.900 bits per heavy atom. The highest BCUT2D eigenvalue weighted by molar-refractivity contribution is 5.99. The van der Waals surface area contributed by atoms with Gasteiger partial charge in [-0.3, -0.25) is 20.4 Å². The standard InChI is InChI=1S/C15H14N2O3/c1-10-4-2-5-11(8-10)14(19)16-17-15(20)12-6-3-7-13(18)9-12/h2-9,18H,1H3,(H,16,19)(H,17,20). The van der Waals surface area contributed by atoms with E-state index in [1.165, 1.54) is 18.2 Å². The van der Waals surface area contributed by atoms with Crippen LogP contribution in [0.3, 0.4) is 0 Å². The molecule has 0 unspecified atom stereocenters. The van der Waals surface area contributed by atoms with Crippen LogP contribution < -0.4 is 10.9 Å². The molecule has 5 heteroatoms. The van der Waals surface area contributed by atoms with Crippen molar-refractivity contribution in [3.63, 3.8) is 0 Å². The first-order valence-corrected chi connectivity index (χ1v) is 6.02. The maximum atomic E-state index is 11.8. The fourth-order valence-corrected chi connectivity index (χ4v) is 1.69. The van der Waals surface area contributed by atoms with E-state index in [2.05, 4.69) is 10.9 Å². The number of amides is 2. The maximum absolute atomic E-state index is 11.8. The average molecular weight is 270 g/mol. The van der Waals surface area contributed by atoms with Gasteiger partial charge in [0.05, 0.1) is 0 Å². The Hall–Kier alpha value is -2.82. The molecule has 0 saturated carbocycles. The van der Waals surface area contributed by atoms with Gasteiger partial charge >= 0.3 is 0 Å². The average Bonchev–Trinajstić information content (AvgIpc) is 2.44. The summed E-state index contributed by atoms with van der Waals surface area (Å²) in [6.07, 6.45) is 0. The van der Waals surface area contributed by atoms with Crippen LogP contribution in [0.25, 0.3) is 0 Å². The predicted molar refractivity (Wildman–Crippen MR) is 74.2 cm³/mol. The van der Waals surface area contributed by atoms with E-state index in [-0.39, 0.29) is 11.3 Å². The molecule has 0 radical (unpaired) electrons. The summed E-state index contributed by atoms with van der Waals surface area (Å²) in [5.41, 5.74) is 6.29. The Morgan fingerprint density at radius 2 is 1.45 bits per heavy atom. The SMILES string of the molecule is Cc1cccc(C(=O)NNC(=O)c2cccc(O)c2)c1. The van der Waals surface area contributed by atoms with E-state index in [4.69, 9.17) is 0 Å². The topological polar surface area (TPSA) is 78.4 Å². The summed E-state index contributed by atoms with van der Waals surface area (Å²) in [6, 6.07) is 12.9. The Labute approximate surface area is 116 Å². The van der Waals surface area contributed by atoms with Crippen molar-refractivity contribution >= 4 is 11.8 Å². The summed E-state index contributed by atoms with van der Waals surface area (Å²) in [7, 11) is 0. The molecular weight excluding hydrogens is 256 g/mol. The second kappa shape index (κ2) is 5.88. The number of rotatable bonds is 2. The summed E-state index contributed by atoms with van der Waals surface area (Å²) in [6.45, 7) is 1.88. The Kier molecular flexibility index (Phi) is 4.00. The number of hydrogen-bond acceptors (Lipinski definition) is 3. The minimum Gasteiger partial charge on any atom is -0.508 e. The van der Waals surface area contributed by atoms with Gasteiger partial charge in [0.1, 0.15) is 5.75 Å². The fraction of sp³-hybridized carbons (Fsp3) is 0.0667. The lowest BCUT2D eigenvalue weighted by molar-refractivity contribution is 0.0846. The van der Waals surface area contributed by atoms with E-state index in [0.29, 0.717) is 5.56 Å². The second-order valence-corrected chi connectivity index (χ2v) is 4.33. The van der Waals surface area contributed by atoms with Crippen LogP contribution >= 0.6 is 0 Å². The van der Waals surface area contributed by atoms with E-state index in [1.54, 1.807) is 24.3 Å². The van der Waals surface area contributed by atoms with Crippen LogP contribution in [0, 0.1) is 6.92 Å². The molecule has 2 aromatic carbocycles. The zero-order valence-corrected chi connectivity index (χ0v) is 10.9. The van der Waals surface area contributed by atoms with Gasteiger partial charge in [-0.1, -0.05) is 23.8 Å². The smallest absolute Gasteiger partial charge is 0.269 e. The van der Waals surface area contributed by atoms with Crippen molar-refractivity contribution in [2.45, 2.75) is 6.92 Å². The molecule has 5 nitrogen and oxygen atoms in total. The van der Waals surface area contributed by atoms with Gasteiger partial charge in [-0.05, 0) is 37.3 Å². The molecule has 0 fully saturated rings. The largest absolute Gasteiger partial charge is 0.508 e. The van der Waals surface area contributed by atoms with Gasteiger partial charge in [0.15, 0.2) is 0 Å². The third-order valence-electron chi connectivity index (χ3n) is 2.68. The molecule has 3 N–H and O–H groups in total. The number of hydrogen-bond donors (Lipinski definition) is 3. The van der Waals surface area contributed by atoms with Crippen LogP contribution in [0.2, 0.25) is 0 Å².